The Morgan fingerprint density at radius 1 is 1.39 bits per heavy atom. The predicted molar refractivity (Wildman–Crippen MR) is 75.4 cm³/mol. The molecule has 0 aliphatic rings. The van der Waals surface area contributed by atoms with Crippen molar-refractivity contribution < 1.29 is 5.11 Å². The molecule has 1 atom stereocenters. The quantitative estimate of drug-likeness (QED) is 0.941. The molecule has 0 fully saturated rings. The Morgan fingerprint density at radius 2 is 2.11 bits per heavy atom. The molecule has 1 aromatic carbocycles. The fraction of sp³-hybridized carbons (Fsp3) is 0.357. The van der Waals surface area contributed by atoms with Gasteiger partial charge >= 0.3 is 0 Å². The number of nitrogens with zero attached hydrogens (tertiary/aromatic N) is 2. The zero-order valence-corrected chi connectivity index (χ0v) is 12.2. The van der Waals surface area contributed by atoms with Crippen molar-refractivity contribution in [2.45, 2.75) is 32.9 Å². The van der Waals surface area contributed by atoms with E-state index < -0.39 is 6.10 Å². The second kappa shape index (κ2) is 5.67. The van der Waals surface area contributed by atoms with E-state index in [0.29, 0.717) is 6.42 Å². The molecule has 1 heterocycles. The van der Waals surface area contributed by atoms with Crippen molar-refractivity contribution in [2.24, 2.45) is 0 Å². The normalized spacial score (nSPS) is 12.7. The van der Waals surface area contributed by atoms with Crippen molar-refractivity contribution in [3.05, 3.63) is 51.8 Å². The third-order valence-corrected chi connectivity index (χ3v) is 3.67. The number of aryl methyl sites for hydroxylation is 2. The zero-order valence-electron chi connectivity index (χ0n) is 10.6. The monoisotopic (exact) mass is 308 g/mol. The van der Waals surface area contributed by atoms with Gasteiger partial charge in [-0.3, -0.25) is 4.68 Å². The van der Waals surface area contributed by atoms with Gasteiger partial charge in [-0.05, 0) is 31.5 Å². The predicted octanol–water partition coefficient (Wildman–Crippen LogP) is 3.25. The van der Waals surface area contributed by atoms with Crippen molar-refractivity contribution in [2.75, 3.05) is 0 Å². The highest BCUT2D eigenvalue weighted by Gasteiger charge is 2.14. The molecule has 0 aliphatic heterocycles. The molecule has 1 N–H and O–H groups in total. The Bertz CT molecular complexity index is 536. The Balaban J connectivity index is 2.21. The summed E-state index contributed by atoms with van der Waals surface area (Å²) in [6.07, 6.45) is 0.0686. The summed E-state index contributed by atoms with van der Waals surface area (Å²) in [5.74, 6) is 0. The van der Waals surface area contributed by atoms with Crippen LogP contribution in [0.5, 0.6) is 0 Å². The second-order valence-electron chi connectivity index (χ2n) is 4.33. The minimum absolute atomic E-state index is 0.512. The van der Waals surface area contributed by atoms with E-state index in [-0.39, 0.29) is 0 Å². The van der Waals surface area contributed by atoms with E-state index in [1.54, 1.807) is 0 Å². The standard InChI is InChI=1S/C14H17BrN2O/c1-3-17-11(8-10(2)16-17)9-14(18)12-6-4-5-7-13(12)15/h4-8,14,18H,3,9H2,1-2H3. The fourth-order valence-corrected chi connectivity index (χ4v) is 2.64. The molecule has 0 amide bonds. The van der Waals surface area contributed by atoms with Crippen LogP contribution in [0.15, 0.2) is 34.8 Å². The van der Waals surface area contributed by atoms with Gasteiger partial charge in [-0.15, -0.1) is 0 Å². The van der Waals surface area contributed by atoms with Crippen LogP contribution in [0.1, 0.15) is 30.0 Å². The largest absolute Gasteiger partial charge is 0.388 e. The van der Waals surface area contributed by atoms with Gasteiger partial charge in [-0.2, -0.15) is 5.10 Å². The maximum absolute atomic E-state index is 10.3. The van der Waals surface area contributed by atoms with E-state index in [0.717, 1.165) is 28.0 Å². The average molecular weight is 309 g/mol. The van der Waals surface area contributed by atoms with Gasteiger partial charge in [0.05, 0.1) is 11.8 Å². The van der Waals surface area contributed by atoms with Crippen LogP contribution in [0.25, 0.3) is 0 Å². The van der Waals surface area contributed by atoms with Crippen molar-refractivity contribution >= 4 is 15.9 Å². The van der Waals surface area contributed by atoms with Crippen LogP contribution in [-0.2, 0) is 13.0 Å². The molecule has 0 bridgehead atoms. The highest BCUT2D eigenvalue weighted by molar-refractivity contribution is 9.10. The van der Waals surface area contributed by atoms with E-state index in [2.05, 4.69) is 28.0 Å². The minimum Gasteiger partial charge on any atom is -0.388 e. The summed E-state index contributed by atoms with van der Waals surface area (Å²) in [7, 11) is 0. The first-order valence-corrected chi connectivity index (χ1v) is 6.87. The van der Waals surface area contributed by atoms with Crippen LogP contribution in [-0.4, -0.2) is 14.9 Å². The van der Waals surface area contributed by atoms with E-state index in [9.17, 15) is 5.11 Å². The van der Waals surface area contributed by atoms with Gasteiger partial charge < -0.3 is 5.11 Å². The maximum atomic E-state index is 10.3. The van der Waals surface area contributed by atoms with Crippen LogP contribution in [0.3, 0.4) is 0 Å². The zero-order chi connectivity index (χ0) is 13.1. The van der Waals surface area contributed by atoms with Gasteiger partial charge in [0.1, 0.15) is 0 Å². The lowest BCUT2D eigenvalue weighted by Crippen LogP contribution is -2.08. The van der Waals surface area contributed by atoms with Crippen molar-refractivity contribution in [3.63, 3.8) is 0 Å². The smallest absolute Gasteiger partial charge is 0.0856 e. The SMILES string of the molecule is CCn1nc(C)cc1CC(O)c1ccccc1Br. The maximum Gasteiger partial charge on any atom is 0.0856 e. The summed E-state index contributed by atoms with van der Waals surface area (Å²) in [6, 6.07) is 9.80. The first-order chi connectivity index (χ1) is 8.61. The molecule has 2 rings (SSSR count). The second-order valence-corrected chi connectivity index (χ2v) is 5.19. The molecule has 4 heteroatoms. The van der Waals surface area contributed by atoms with Crippen molar-refractivity contribution in [1.29, 1.82) is 0 Å². The van der Waals surface area contributed by atoms with Crippen LogP contribution in [0, 0.1) is 6.92 Å². The molecule has 0 radical (unpaired) electrons. The number of halogens is 1. The molecule has 0 aliphatic carbocycles. The number of hydrogen-bond acceptors (Lipinski definition) is 2. The van der Waals surface area contributed by atoms with Gasteiger partial charge in [0.2, 0.25) is 0 Å². The van der Waals surface area contributed by atoms with Gasteiger partial charge in [-0.25, -0.2) is 0 Å². The average Bonchev–Trinajstić information content (AvgIpc) is 2.70. The van der Waals surface area contributed by atoms with Crippen molar-refractivity contribution in [3.8, 4) is 0 Å². The highest BCUT2D eigenvalue weighted by atomic mass is 79.9. The van der Waals surface area contributed by atoms with Gasteiger partial charge in [0.15, 0.2) is 0 Å². The van der Waals surface area contributed by atoms with Crippen molar-refractivity contribution in [1.82, 2.24) is 9.78 Å². The van der Waals surface area contributed by atoms with Gasteiger partial charge in [0.25, 0.3) is 0 Å². The summed E-state index contributed by atoms with van der Waals surface area (Å²) in [5, 5.41) is 14.7. The number of hydrogen-bond donors (Lipinski definition) is 1. The Kier molecular flexibility index (Phi) is 4.19. The Hall–Kier alpha value is -1.13. The summed E-state index contributed by atoms with van der Waals surface area (Å²) in [6.45, 7) is 4.85. The van der Waals surface area contributed by atoms with E-state index in [1.807, 2.05) is 41.9 Å². The number of aliphatic hydroxyl groups excluding tert-OH is 1. The molecule has 1 aromatic heterocycles. The van der Waals surface area contributed by atoms with Gasteiger partial charge in [-0.1, -0.05) is 34.1 Å². The number of benzene rings is 1. The molecule has 1 unspecified atom stereocenters. The molecule has 0 spiro atoms. The van der Waals surface area contributed by atoms with Crippen LogP contribution in [0.2, 0.25) is 0 Å². The minimum atomic E-state index is -0.512. The number of rotatable bonds is 4. The van der Waals surface area contributed by atoms with E-state index in [1.165, 1.54) is 0 Å². The molecule has 3 nitrogen and oxygen atoms in total. The summed E-state index contributed by atoms with van der Waals surface area (Å²) < 4.78 is 2.88. The lowest BCUT2D eigenvalue weighted by atomic mass is 10.0. The molecule has 0 saturated heterocycles. The molecule has 2 aromatic rings. The fourth-order valence-electron chi connectivity index (χ4n) is 2.09. The summed E-state index contributed by atoms with van der Waals surface area (Å²) >= 11 is 3.47. The highest BCUT2D eigenvalue weighted by Crippen LogP contribution is 2.25. The summed E-state index contributed by atoms with van der Waals surface area (Å²) in [5.41, 5.74) is 2.98. The third kappa shape index (κ3) is 2.82. The van der Waals surface area contributed by atoms with E-state index in [4.69, 9.17) is 0 Å². The first-order valence-electron chi connectivity index (χ1n) is 6.07. The topological polar surface area (TPSA) is 38.0 Å². The molecule has 18 heavy (non-hydrogen) atoms. The number of aliphatic hydroxyl groups is 1. The molecular formula is C14H17BrN2O. The molecule has 0 saturated carbocycles. The molecule has 96 valence electrons. The van der Waals surface area contributed by atoms with Gasteiger partial charge in [0, 0.05) is 23.1 Å². The van der Waals surface area contributed by atoms with E-state index >= 15 is 0 Å². The van der Waals surface area contributed by atoms with Crippen LogP contribution >= 0.6 is 15.9 Å². The summed E-state index contributed by atoms with van der Waals surface area (Å²) in [4.78, 5) is 0. The number of aromatic nitrogens is 2. The Labute approximate surface area is 116 Å². The first kappa shape index (κ1) is 13.3. The lowest BCUT2D eigenvalue weighted by molar-refractivity contribution is 0.174. The van der Waals surface area contributed by atoms with Crippen LogP contribution < -0.4 is 0 Å². The van der Waals surface area contributed by atoms with Crippen LogP contribution in [0.4, 0.5) is 0 Å². The Morgan fingerprint density at radius 3 is 2.78 bits per heavy atom. The third-order valence-electron chi connectivity index (χ3n) is 2.95. The molecular weight excluding hydrogens is 292 g/mol. The lowest BCUT2D eigenvalue weighted by Gasteiger charge is -2.13.